The van der Waals surface area contributed by atoms with Crippen molar-refractivity contribution in [2.75, 3.05) is 65.8 Å². The molecule has 166 valence electrons. The topological polar surface area (TPSA) is 86.3 Å². The Bertz CT molecular complexity index is 546. The maximum atomic E-state index is 11.7. The van der Waals surface area contributed by atoms with E-state index in [1.807, 2.05) is 6.92 Å². The summed E-state index contributed by atoms with van der Waals surface area (Å²) in [7, 11) is -1.36. The molecular weight excluding hydrogens is 378 g/mol. The van der Waals surface area contributed by atoms with Crippen LogP contribution >= 0.6 is 0 Å². The van der Waals surface area contributed by atoms with Gasteiger partial charge in [-0.15, -0.1) is 0 Å². The zero-order chi connectivity index (χ0) is 21.0. The molecule has 1 aliphatic heterocycles. The van der Waals surface area contributed by atoms with Gasteiger partial charge in [0.25, 0.3) is 0 Å². The van der Waals surface area contributed by atoms with E-state index < -0.39 is 10.0 Å². The van der Waals surface area contributed by atoms with Crippen LogP contribution in [0.1, 0.15) is 40.0 Å². The largest absolute Gasteiger partial charge is 0.379 e. The van der Waals surface area contributed by atoms with Gasteiger partial charge in [0.1, 0.15) is 0 Å². The van der Waals surface area contributed by atoms with Gasteiger partial charge < -0.3 is 15.4 Å². The number of hydrogen-bond donors (Lipinski definition) is 2. The molecule has 0 amide bonds. The molecule has 28 heavy (non-hydrogen) atoms. The molecule has 0 aromatic rings. The molecule has 1 atom stereocenters. The molecule has 0 aromatic heterocycles. The molecule has 1 fully saturated rings. The Balaban J connectivity index is 2.50. The number of morpholine rings is 1. The monoisotopic (exact) mass is 419 g/mol. The van der Waals surface area contributed by atoms with Crippen LogP contribution in [0.15, 0.2) is 4.99 Å². The number of guanidine groups is 1. The number of sulfonamides is 1. The molecular formula is C19H41N5O3S. The Morgan fingerprint density at radius 1 is 1.18 bits per heavy atom. The molecule has 0 saturated carbocycles. The smallest absolute Gasteiger partial charge is 0.211 e. The number of nitrogens with zero attached hydrogens (tertiary/aromatic N) is 3. The predicted molar refractivity (Wildman–Crippen MR) is 116 cm³/mol. The van der Waals surface area contributed by atoms with Crippen molar-refractivity contribution < 1.29 is 13.2 Å². The molecule has 1 aliphatic rings. The lowest BCUT2D eigenvalue weighted by molar-refractivity contribution is 0.00272. The van der Waals surface area contributed by atoms with Gasteiger partial charge in [-0.1, -0.05) is 33.6 Å². The second-order valence-corrected chi connectivity index (χ2v) is 9.26. The van der Waals surface area contributed by atoms with Crippen LogP contribution in [0, 0.1) is 5.92 Å². The van der Waals surface area contributed by atoms with Crippen molar-refractivity contribution in [1.29, 1.82) is 0 Å². The van der Waals surface area contributed by atoms with Gasteiger partial charge in [-0.25, -0.2) is 12.7 Å². The second-order valence-electron chi connectivity index (χ2n) is 7.28. The molecule has 8 nitrogen and oxygen atoms in total. The van der Waals surface area contributed by atoms with Crippen LogP contribution in [-0.2, 0) is 14.8 Å². The minimum Gasteiger partial charge on any atom is -0.379 e. The maximum absolute atomic E-state index is 11.7. The first-order chi connectivity index (χ1) is 13.4. The third kappa shape index (κ3) is 8.63. The zero-order valence-electron chi connectivity index (χ0n) is 18.4. The van der Waals surface area contributed by atoms with Gasteiger partial charge in [-0.05, 0) is 12.3 Å². The number of nitrogens with one attached hydrogen (secondary N) is 2. The summed E-state index contributed by atoms with van der Waals surface area (Å²) >= 11 is 0. The van der Waals surface area contributed by atoms with Crippen molar-refractivity contribution in [2.45, 2.75) is 46.1 Å². The van der Waals surface area contributed by atoms with Gasteiger partial charge in [-0.3, -0.25) is 9.89 Å². The zero-order valence-corrected chi connectivity index (χ0v) is 19.2. The molecule has 1 saturated heterocycles. The average molecular weight is 420 g/mol. The quantitative estimate of drug-likeness (QED) is 0.278. The van der Waals surface area contributed by atoms with E-state index in [-0.39, 0.29) is 0 Å². The lowest BCUT2D eigenvalue weighted by Crippen LogP contribution is -2.53. The highest BCUT2D eigenvalue weighted by Gasteiger charge is 2.27. The van der Waals surface area contributed by atoms with Crippen molar-refractivity contribution in [3.63, 3.8) is 0 Å². The molecule has 1 rings (SSSR count). The molecule has 0 aromatic carbocycles. The van der Waals surface area contributed by atoms with E-state index >= 15 is 0 Å². The Hall–Kier alpha value is -0.900. The van der Waals surface area contributed by atoms with Crippen molar-refractivity contribution >= 4 is 16.0 Å². The third-order valence-electron chi connectivity index (χ3n) is 5.51. The van der Waals surface area contributed by atoms with Crippen LogP contribution in [0.25, 0.3) is 0 Å². The number of rotatable bonds is 12. The van der Waals surface area contributed by atoms with Crippen LogP contribution in [0.3, 0.4) is 0 Å². The minimum atomic E-state index is -3.13. The van der Waals surface area contributed by atoms with E-state index in [4.69, 9.17) is 4.74 Å². The summed E-state index contributed by atoms with van der Waals surface area (Å²) in [4.78, 5) is 6.86. The van der Waals surface area contributed by atoms with Crippen LogP contribution in [0.2, 0.25) is 0 Å². The van der Waals surface area contributed by atoms with Gasteiger partial charge in [0.15, 0.2) is 5.96 Å². The number of hydrogen-bond acceptors (Lipinski definition) is 5. The molecule has 2 N–H and O–H groups in total. The Kier molecular flexibility index (Phi) is 12.0. The van der Waals surface area contributed by atoms with Gasteiger partial charge in [0, 0.05) is 52.4 Å². The highest BCUT2D eigenvalue weighted by molar-refractivity contribution is 7.88. The molecule has 1 unspecified atom stereocenters. The first kappa shape index (κ1) is 25.1. The van der Waals surface area contributed by atoms with E-state index in [9.17, 15) is 8.42 Å². The highest BCUT2D eigenvalue weighted by Crippen LogP contribution is 2.19. The Morgan fingerprint density at radius 2 is 1.82 bits per heavy atom. The van der Waals surface area contributed by atoms with Crippen molar-refractivity contribution in [2.24, 2.45) is 10.9 Å². The standard InChI is InChI=1S/C19H41N5O3S/c1-6-17(7-2)18(23-12-14-27-15-13-23)16-22-19(20-4)21-10-9-11-24(8-3)28(5,25)26/h17-18H,6-16H2,1-5H3,(H2,20,21,22). The summed E-state index contributed by atoms with van der Waals surface area (Å²) in [6.07, 6.45) is 4.31. The third-order valence-corrected chi connectivity index (χ3v) is 6.89. The van der Waals surface area contributed by atoms with Gasteiger partial charge >= 0.3 is 0 Å². The number of ether oxygens (including phenoxy) is 1. The fourth-order valence-electron chi connectivity index (χ4n) is 3.78. The van der Waals surface area contributed by atoms with Gasteiger partial charge in [0.05, 0.1) is 19.5 Å². The Morgan fingerprint density at radius 3 is 2.32 bits per heavy atom. The molecule has 1 heterocycles. The first-order valence-corrected chi connectivity index (χ1v) is 12.4. The van der Waals surface area contributed by atoms with E-state index in [2.05, 4.69) is 34.4 Å². The maximum Gasteiger partial charge on any atom is 0.211 e. The Labute approximate surface area is 172 Å². The number of aliphatic imine (C=N–C) groups is 1. The fourth-order valence-corrected chi connectivity index (χ4v) is 4.71. The van der Waals surface area contributed by atoms with Crippen molar-refractivity contribution in [3.05, 3.63) is 0 Å². The summed E-state index contributed by atoms with van der Waals surface area (Å²) in [5.74, 6) is 1.41. The van der Waals surface area contributed by atoms with Crippen LogP contribution in [0.5, 0.6) is 0 Å². The second kappa shape index (κ2) is 13.3. The summed E-state index contributed by atoms with van der Waals surface area (Å²) in [6.45, 7) is 12.5. The van der Waals surface area contributed by atoms with Crippen LogP contribution in [-0.4, -0.2) is 95.4 Å². The van der Waals surface area contributed by atoms with E-state index in [1.54, 1.807) is 7.05 Å². The van der Waals surface area contributed by atoms with E-state index in [0.29, 0.717) is 31.6 Å². The van der Waals surface area contributed by atoms with Crippen LogP contribution < -0.4 is 10.6 Å². The molecule has 0 aliphatic carbocycles. The average Bonchev–Trinajstić information content (AvgIpc) is 2.69. The normalized spacial score (nSPS) is 17.9. The summed E-state index contributed by atoms with van der Waals surface area (Å²) < 4.78 is 30.3. The summed E-state index contributed by atoms with van der Waals surface area (Å²) in [5, 5.41) is 6.78. The van der Waals surface area contributed by atoms with Crippen LogP contribution in [0.4, 0.5) is 0 Å². The first-order valence-electron chi connectivity index (χ1n) is 10.6. The van der Waals surface area contributed by atoms with Crippen molar-refractivity contribution in [1.82, 2.24) is 19.8 Å². The van der Waals surface area contributed by atoms with E-state index in [1.165, 1.54) is 10.6 Å². The molecule has 9 heteroatoms. The lowest BCUT2D eigenvalue weighted by Gasteiger charge is -2.39. The van der Waals surface area contributed by atoms with E-state index in [0.717, 1.165) is 58.1 Å². The molecule has 0 radical (unpaired) electrons. The summed E-state index contributed by atoms with van der Waals surface area (Å²) in [5.41, 5.74) is 0. The fraction of sp³-hybridized carbons (Fsp3) is 0.947. The highest BCUT2D eigenvalue weighted by atomic mass is 32.2. The molecule has 0 bridgehead atoms. The van der Waals surface area contributed by atoms with Gasteiger partial charge in [0.2, 0.25) is 10.0 Å². The lowest BCUT2D eigenvalue weighted by atomic mass is 9.92. The SMILES string of the molecule is CCC(CC)C(CNC(=NC)NCCCN(CC)S(C)(=O)=O)N1CCOCC1. The summed E-state index contributed by atoms with van der Waals surface area (Å²) in [6, 6.07) is 0.457. The molecule has 0 spiro atoms. The van der Waals surface area contributed by atoms with Gasteiger partial charge in [-0.2, -0.15) is 0 Å². The predicted octanol–water partition coefficient (Wildman–Crippen LogP) is 0.960. The minimum absolute atomic E-state index is 0.457. The van der Waals surface area contributed by atoms with Crippen molar-refractivity contribution in [3.8, 4) is 0 Å².